The quantitative estimate of drug-likeness (QED) is 0.869. The number of fused-ring (bicyclic) bond motifs is 1. The predicted octanol–water partition coefficient (Wildman–Crippen LogP) is 2.48. The molecule has 1 N–H and O–H groups in total. The Bertz CT molecular complexity index is 633. The van der Waals surface area contributed by atoms with E-state index in [1.807, 2.05) is 6.07 Å². The summed E-state index contributed by atoms with van der Waals surface area (Å²) in [6.45, 7) is 0.364. The van der Waals surface area contributed by atoms with Crippen LogP contribution in [0.2, 0.25) is 0 Å². The van der Waals surface area contributed by atoms with Crippen LogP contribution in [0.15, 0.2) is 42.5 Å². The number of ether oxygens (including phenoxy) is 3. The minimum absolute atomic E-state index is 0.109. The van der Waals surface area contributed by atoms with E-state index in [9.17, 15) is 4.79 Å². The van der Waals surface area contributed by atoms with E-state index in [0.29, 0.717) is 17.1 Å². The fourth-order valence-electron chi connectivity index (χ4n) is 1.86. The number of phenolic OH excluding ortho intramolecular Hbond substituents is 1. The number of carbonyl (C=O) groups excluding carboxylic acids is 1. The maximum Gasteiger partial charge on any atom is 0.338 e. The van der Waals surface area contributed by atoms with E-state index in [4.69, 9.17) is 19.3 Å². The Morgan fingerprint density at radius 2 is 1.85 bits per heavy atom. The lowest BCUT2D eigenvalue weighted by Gasteiger charge is -2.06. The van der Waals surface area contributed by atoms with Gasteiger partial charge in [-0.2, -0.15) is 0 Å². The van der Waals surface area contributed by atoms with E-state index in [-0.39, 0.29) is 19.1 Å². The monoisotopic (exact) mass is 272 g/mol. The van der Waals surface area contributed by atoms with Crippen LogP contribution in [0.3, 0.4) is 0 Å². The third-order valence-corrected chi connectivity index (χ3v) is 2.91. The second kappa shape index (κ2) is 5.13. The summed E-state index contributed by atoms with van der Waals surface area (Å²) < 4.78 is 15.7. The molecule has 1 aliphatic heterocycles. The lowest BCUT2D eigenvalue weighted by atomic mass is 10.2. The molecule has 0 saturated heterocycles. The highest BCUT2D eigenvalue weighted by molar-refractivity contribution is 5.89. The standard InChI is InChI=1S/C15H12O5/c16-12-4-2-11(3-5-12)15(17)18-8-10-1-6-13-14(7-10)20-9-19-13/h1-7,16H,8-9H2. The maximum absolute atomic E-state index is 11.8. The average Bonchev–Trinajstić information content (AvgIpc) is 2.93. The molecule has 0 saturated carbocycles. The third kappa shape index (κ3) is 2.51. The largest absolute Gasteiger partial charge is 0.508 e. The van der Waals surface area contributed by atoms with Gasteiger partial charge in [-0.15, -0.1) is 0 Å². The molecule has 0 spiro atoms. The van der Waals surface area contributed by atoms with Crippen LogP contribution in [0.25, 0.3) is 0 Å². The normalized spacial score (nSPS) is 12.2. The summed E-state index contributed by atoms with van der Waals surface area (Å²) in [6, 6.07) is 11.3. The Kier molecular flexibility index (Phi) is 3.16. The Morgan fingerprint density at radius 1 is 1.10 bits per heavy atom. The Morgan fingerprint density at radius 3 is 2.65 bits per heavy atom. The van der Waals surface area contributed by atoms with Crippen LogP contribution in [0.4, 0.5) is 0 Å². The number of aromatic hydroxyl groups is 1. The van der Waals surface area contributed by atoms with Crippen molar-refractivity contribution in [3.05, 3.63) is 53.6 Å². The van der Waals surface area contributed by atoms with Gasteiger partial charge in [0.15, 0.2) is 11.5 Å². The highest BCUT2D eigenvalue weighted by Crippen LogP contribution is 2.32. The van der Waals surface area contributed by atoms with Gasteiger partial charge in [0.1, 0.15) is 12.4 Å². The van der Waals surface area contributed by atoms with Crippen LogP contribution in [0.5, 0.6) is 17.2 Å². The molecule has 0 fully saturated rings. The molecule has 0 unspecified atom stereocenters. The smallest absolute Gasteiger partial charge is 0.338 e. The number of carbonyl (C=O) groups is 1. The molecular weight excluding hydrogens is 260 g/mol. The molecule has 5 nitrogen and oxygen atoms in total. The SMILES string of the molecule is O=C(OCc1ccc2c(c1)OCO2)c1ccc(O)cc1. The number of rotatable bonds is 3. The fraction of sp³-hybridized carbons (Fsp3) is 0.133. The van der Waals surface area contributed by atoms with Gasteiger partial charge in [-0.3, -0.25) is 0 Å². The summed E-state index contributed by atoms with van der Waals surface area (Å²) in [6.07, 6.45) is 0. The number of benzene rings is 2. The zero-order chi connectivity index (χ0) is 13.9. The van der Waals surface area contributed by atoms with Crippen molar-refractivity contribution < 1.29 is 24.1 Å². The number of esters is 1. The van der Waals surface area contributed by atoms with E-state index < -0.39 is 5.97 Å². The molecule has 20 heavy (non-hydrogen) atoms. The van der Waals surface area contributed by atoms with Gasteiger partial charge in [-0.25, -0.2) is 4.79 Å². The van der Waals surface area contributed by atoms with Crippen molar-refractivity contribution in [1.29, 1.82) is 0 Å². The molecule has 2 aromatic rings. The highest BCUT2D eigenvalue weighted by atomic mass is 16.7. The van der Waals surface area contributed by atoms with Gasteiger partial charge in [0, 0.05) is 0 Å². The van der Waals surface area contributed by atoms with Gasteiger partial charge in [-0.05, 0) is 42.0 Å². The van der Waals surface area contributed by atoms with Gasteiger partial charge in [0.2, 0.25) is 6.79 Å². The first-order chi connectivity index (χ1) is 9.72. The second-order valence-corrected chi connectivity index (χ2v) is 4.31. The maximum atomic E-state index is 11.8. The summed E-state index contributed by atoms with van der Waals surface area (Å²) in [5, 5.41) is 9.16. The van der Waals surface area contributed by atoms with E-state index in [2.05, 4.69) is 0 Å². The molecule has 0 aliphatic carbocycles. The van der Waals surface area contributed by atoms with Crippen LogP contribution in [0.1, 0.15) is 15.9 Å². The molecule has 0 bridgehead atoms. The summed E-state index contributed by atoms with van der Waals surface area (Å²) in [4.78, 5) is 11.8. The van der Waals surface area contributed by atoms with Crippen LogP contribution in [-0.4, -0.2) is 17.9 Å². The molecule has 5 heteroatoms. The zero-order valence-corrected chi connectivity index (χ0v) is 10.5. The molecule has 1 heterocycles. The van der Waals surface area contributed by atoms with E-state index in [0.717, 1.165) is 5.56 Å². The first kappa shape index (κ1) is 12.3. The number of hydrogen-bond acceptors (Lipinski definition) is 5. The second-order valence-electron chi connectivity index (χ2n) is 4.31. The molecule has 3 rings (SSSR count). The van der Waals surface area contributed by atoms with Crippen LogP contribution in [-0.2, 0) is 11.3 Å². The van der Waals surface area contributed by atoms with Crippen molar-refractivity contribution in [2.75, 3.05) is 6.79 Å². The van der Waals surface area contributed by atoms with Gasteiger partial charge >= 0.3 is 5.97 Å². The van der Waals surface area contributed by atoms with E-state index in [1.165, 1.54) is 24.3 Å². The number of phenols is 1. The molecule has 0 radical (unpaired) electrons. The predicted molar refractivity (Wildman–Crippen MR) is 69.8 cm³/mol. The lowest BCUT2D eigenvalue weighted by molar-refractivity contribution is 0.0472. The fourth-order valence-corrected chi connectivity index (χ4v) is 1.86. The van der Waals surface area contributed by atoms with Crippen molar-refractivity contribution in [2.45, 2.75) is 6.61 Å². The first-order valence-electron chi connectivity index (χ1n) is 6.07. The van der Waals surface area contributed by atoms with Crippen molar-refractivity contribution in [3.63, 3.8) is 0 Å². The summed E-state index contributed by atoms with van der Waals surface area (Å²) in [5.41, 5.74) is 1.21. The molecule has 0 atom stereocenters. The summed E-state index contributed by atoms with van der Waals surface area (Å²) in [7, 11) is 0. The van der Waals surface area contributed by atoms with E-state index in [1.54, 1.807) is 12.1 Å². The van der Waals surface area contributed by atoms with Gasteiger partial charge in [0.25, 0.3) is 0 Å². The Hall–Kier alpha value is -2.69. The van der Waals surface area contributed by atoms with Crippen molar-refractivity contribution in [2.24, 2.45) is 0 Å². The lowest BCUT2D eigenvalue weighted by Crippen LogP contribution is -2.04. The molecule has 1 aliphatic rings. The minimum atomic E-state index is -0.442. The van der Waals surface area contributed by atoms with Crippen molar-refractivity contribution in [3.8, 4) is 17.2 Å². The van der Waals surface area contributed by atoms with Gasteiger partial charge < -0.3 is 19.3 Å². The molecule has 2 aromatic carbocycles. The molecule has 102 valence electrons. The van der Waals surface area contributed by atoms with Crippen LogP contribution in [0, 0.1) is 0 Å². The van der Waals surface area contributed by atoms with Crippen LogP contribution < -0.4 is 9.47 Å². The topological polar surface area (TPSA) is 65.0 Å². The Labute approximate surface area is 115 Å². The Balaban J connectivity index is 1.64. The average molecular weight is 272 g/mol. The van der Waals surface area contributed by atoms with Crippen LogP contribution >= 0.6 is 0 Å². The molecular formula is C15H12O5. The molecule has 0 aromatic heterocycles. The summed E-state index contributed by atoms with van der Waals surface area (Å²) in [5.74, 6) is 1.02. The first-order valence-corrected chi connectivity index (χ1v) is 6.07. The highest BCUT2D eigenvalue weighted by Gasteiger charge is 2.14. The third-order valence-electron chi connectivity index (χ3n) is 2.91. The van der Waals surface area contributed by atoms with E-state index >= 15 is 0 Å². The minimum Gasteiger partial charge on any atom is -0.508 e. The molecule has 0 amide bonds. The zero-order valence-electron chi connectivity index (χ0n) is 10.5. The van der Waals surface area contributed by atoms with Gasteiger partial charge in [0.05, 0.1) is 5.56 Å². The van der Waals surface area contributed by atoms with Crippen molar-refractivity contribution in [1.82, 2.24) is 0 Å². The van der Waals surface area contributed by atoms with Crippen molar-refractivity contribution >= 4 is 5.97 Å². The van der Waals surface area contributed by atoms with Gasteiger partial charge in [-0.1, -0.05) is 6.07 Å². The number of hydrogen-bond donors (Lipinski definition) is 1. The summed E-state index contributed by atoms with van der Waals surface area (Å²) >= 11 is 0.